The molecular weight excluding hydrogens is 290 g/mol. The Morgan fingerprint density at radius 1 is 1.09 bits per heavy atom. The van der Waals surface area contributed by atoms with Gasteiger partial charge in [-0.2, -0.15) is 0 Å². The van der Waals surface area contributed by atoms with Gasteiger partial charge >= 0.3 is 0 Å². The van der Waals surface area contributed by atoms with Crippen molar-refractivity contribution in [2.75, 3.05) is 20.2 Å². The highest BCUT2D eigenvalue weighted by Gasteiger charge is 2.36. The van der Waals surface area contributed by atoms with E-state index in [2.05, 4.69) is 39.9 Å². The summed E-state index contributed by atoms with van der Waals surface area (Å²) >= 11 is 0. The van der Waals surface area contributed by atoms with Gasteiger partial charge in [0, 0.05) is 12.0 Å². The lowest BCUT2D eigenvalue weighted by Gasteiger charge is -2.40. The third-order valence-corrected chi connectivity index (χ3v) is 4.28. The maximum Gasteiger partial charge on any atom is 0.135 e. The first-order valence-corrected chi connectivity index (χ1v) is 8.79. The lowest BCUT2D eigenvalue weighted by Crippen LogP contribution is -2.42. The molecule has 0 aliphatic rings. The van der Waals surface area contributed by atoms with E-state index in [9.17, 15) is 4.79 Å². The molecule has 0 aromatic heterocycles. The summed E-state index contributed by atoms with van der Waals surface area (Å²) < 4.78 is 12.2. The number of ketones is 1. The number of ether oxygens (including phenoxy) is 2. The van der Waals surface area contributed by atoms with Crippen LogP contribution in [0.1, 0.15) is 74.7 Å². The number of carbonyl (C=O) groups is 1. The molecule has 0 fully saturated rings. The van der Waals surface area contributed by atoms with Crippen molar-refractivity contribution in [1.82, 2.24) is 5.32 Å². The zero-order valence-electron chi connectivity index (χ0n) is 16.8. The minimum atomic E-state index is -0.363. The van der Waals surface area contributed by atoms with Crippen LogP contribution >= 0.6 is 0 Å². The van der Waals surface area contributed by atoms with Gasteiger partial charge in [-0.05, 0) is 74.4 Å². The molecule has 4 nitrogen and oxygen atoms in total. The van der Waals surface area contributed by atoms with E-state index in [1.54, 1.807) is 6.92 Å². The Labute approximate surface area is 143 Å². The Hall–Kier alpha value is -0.450. The molecule has 0 rings (SSSR count). The highest BCUT2D eigenvalue weighted by molar-refractivity contribution is 5.81. The molecule has 0 saturated heterocycles. The van der Waals surface area contributed by atoms with E-state index in [0.29, 0.717) is 13.0 Å². The van der Waals surface area contributed by atoms with Crippen molar-refractivity contribution in [3.63, 3.8) is 0 Å². The standard InChI is InChI=1S/C19H39NO3/c1-15(10-12-20-9)22-13-11-18(5,6)23-19(7,8)14-17(3,4)16(2)21/h15,20H,10-14H2,1-9H3. The van der Waals surface area contributed by atoms with Crippen LogP contribution in [0, 0.1) is 5.41 Å². The van der Waals surface area contributed by atoms with Crippen LogP contribution in [-0.4, -0.2) is 43.3 Å². The first kappa shape index (κ1) is 22.6. The molecule has 1 atom stereocenters. The molecule has 0 aromatic rings. The highest BCUT2D eigenvalue weighted by atomic mass is 16.5. The quantitative estimate of drug-likeness (QED) is 0.588. The predicted octanol–water partition coefficient (Wildman–Crippen LogP) is 3.97. The Morgan fingerprint density at radius 2 is 1.65 bits per heavy atom. The summed E-state index contributed by atoms with van der Waals surface area (Å²) in [6.45, 7) is 17.7. The fraction of sp³-hybridized carbons (Fsp3) is 0.947. The summed E-state index contributed by atoms with van der Waals surface area (Å²) in [6.07, 6.45) is 2.80. The fourth-order valence-electron chi connectivity index (χ4n) is 2.96. The number of hydrogen-bond acceptors (Lipinski definition) is 4. The van der Waals surface area contributed by atoms with E-state index in [1.165, 1.54) is 0 Å². The molecule has 0 amide bonds. The second-order valence-corrected chi connectivity index (χ2v) is 8.56. The van der Waals surface area contributed by atoms with Gasteiger partial charge in [0.15, 0.2) is 0 Å². The molecule has 138 valence electrons. The van der Waals surface area contributed by atoms with Crippen LogP contribution in [0.15, 0.2) is 0 Å². The number of rotatable bonds is 12. The van der Waals surface area contributed by atoms with Crippen LogP contribution in [0.4, 0.5) is 0 Å². The maximum atomic E-state index is 11.8. The Morgan fingerprint density at radius 3 is 2.13 bits per heavy atom. The summed E-state index contributed by atoms with van der Waals surface area (Å²) in [5, 5.41) is 3.13. The van der Waals surface area contributed by atoms with Gasteiger partial charge in [0.1, 0.15) is 5.78 Å². The second-order valence-electron chi connectivity index (χ2n) is 8.56. The number of Topliss-reactive ketones (excluding diaryl/α,β-unsaturated/α-hetero) is 1. The van der Waals surface area contributed by atoms with Gasteiger partial charge in [-0.15, -0.1) is 0 Å². The van der Waals surface area contributed by atoms with E-state index < -0.39 is 0 Å². The van der Waals surface area contributed by atoms with Crippen LogP contribution in [0.3, 0.4) is 0 Å². The van der Waals surface area contributed by atoms with Crippen molar-refractivity contribution in [2.24, 2.45) is 5.41 Å². The van der Waals surface area contributed by atoms with E-state index in [1.807, 2.05) is 20.9 Å². The molecule has 0 saturated carbocycles. The smallest absolute Gasteiger partial charge is 0.135 e. The molecule has 23 heavy (non-hydrogen) atoms. The predicted molar refractivity (Wildman–Crippen MR) is 96.9 cm³/mol. The minimum Gasteiger partial charge on any atom is -0.378 e. The molecule has 0 bridgehead atoms. The highest BCUT2D eigenvalue weighted by Crippen LogP contribution is 2.34. The number of nitrogens with one attached hydrogen (secondary N) is 1. The zero-order valence-corrected chi connectivity index (χ0v) is 16.8. The first-order valence-electron chi connectivity index (χ1n) is 8.79. The number of carbonyl (C=O) groups excluding carboxylic acids is 1. The summed E-state index contributed by atoms with van der Waals surface area (Å²) in [7, 11) is 1.95. The Bertz CT molecular complexity index is 362. The average molecular weight is 330 g/mol. The van der Waals surface area contributed by atoms with Crippen molar-refractivity contribution in [2.45, 2.75) is 92.0 Å². The third-order valence-electron chi connectivity index (χ3n) is 4.28. The largest absolute Gasteiger partial charge is 0.378 e. The molecule has 0 heterocycles. The average Bonchev–Trinajstić information content (AvgIpc) is 2.32. The monoisotopic (exact) mass is 329 g/mol. The van der Waals surface area contributed by atoms with E-state index in [4.69, 9.17) is 9.47 Å². The molecule has 0 aromatic carbocycles. The van der Waals surface area contributed by atoms with Gasteiger partial charge in [-0.25, -0.2) is 0 Å². The van der Waals surface area contributed by atoms with Crippen molar-refractivity contribution in [1.29, 1.82) is 0 Å². The molecule has 1 N–H and O–H groups in total. The topological polar surface area (TPSA) is 47.6 Å². The summed E-state index contributed by atoms with van der Waals surface area (Å²) in [4.78, 5) is 11.8. The second kappa shape index (κ2) is 9.14. The SMILES string of the molecule is CNCCC(C)OCCC(C)(C)OC(C)(C)CC(C)(C)C(C)=O. The number of hydrogen-bond donors (Lipinski definition) is 1. The van der Waals surface area contributed by atoms with Crippen molar-refractivity contribution >= 4 is 5.78 Å². The van der Waals surface area contributed by atoms with Crippen LogP contribution in [0.5, 0.6) is 0 Å². The molecule has 0 spiro atoms. The van der Waals surface area contributed by atoms with Crippen molar-refractivity contribution < 1.29 is 14.3 Å². The van der Waals surface area contributed by atoms with Gasteiger partial charge in [-0.1, -0.05) is 13.8 Å². The van der Waals surface area contributed by atoms with Crippen molar-refractivity contribution in [3.8, 4) is 0 Å². The summed E-state index contributed by atoms with van der Waals surface area (Å²) in [5.74, 6) is 0.202. The van der Waals surface area contributed by atoms with E-state index in [0.717, 1.165) is 19.4 Å². The van der Waals surface area contributed by atoms with Crippen LogP contribution in [-0.2, 0) is 14.3 Å². The molecule has 4 heteroatoms. The van der Waals surface area contributed by atoms with Gasteiger partial charge in [0.2, 0.25) is 0 Å². The van der Waals surface area contributed by atoms with Gasteiger partial charge < -0.3 is 14.8 Å². The van der Waals surface area contributed by atoms with Gasteiger partial charge in [0.25, 0.3) is 0 Å². The molecular formula is C19H39NO3. The molecule has 0 aliphatic heterocycles. The van der Waals surface area contributed by atoms with Crippen LogP contribution in [0.2, 0.25) is 0 Å². The van der Waals surface area contributed by atoms with E-state index in [-0.39, 0.29) is 28.5 Å². The summed E-state index contributed by atoms with van der Waals surface area (Å²) in [6, 6.07) is 0. The lowest BCUT2D eigenvalue weighted by molar-refractivity contribution is -0.154. The Balaban J connectivity index is 4.40. The maximum absolute atomic E-state index is 11.8. The Kier molecular flexibility index (Phi) is 8.96. The molecule has 1 unspecified atom stereocenters. The van der Waals surface area contributed by atoms with Gasteiger partial charge in [-0.3, -0.25) is 4.79 Å². The molecule has 0 radical (unpaired) electrons. The summed E-state index contributed by atoms with van der Waals surface area (Å²) in [5.41, 5.74) is -0.993. The normalized spacial score (nSPS) is 14.8. The molecule has 0 aliphatic carbocycles. The third kappa shape index (κ3) is 10.1. The fourth-order valence-corrected chi connectivity index (χ4v) is 2.96. The van der Waals surface area contributed by atoms with Crippen LogP contribution < -0.4 is 5.32 Å². The van der Waals surface area contributed by atoms with Gasteiger partial charge in [0.05, 0.1) is 17.3 Å². The zero-order chi connectivity index (χ0) is 18.3. The van der Waals surface area contributed by atoms with E-state index >= 15 is 0 Å². The van der Waals surface area contributed by atoms with Crippen LogP contribution in [0.25, 0.3) is 0 Å². The minimum absolute atomic E-state index is 0.202. The first-order chi connectivity index (χ1) is 10.3. The lowest BCUT2D eigenvalue weighted by atomic mass is 9.78. The van der Waals surface area contributed by atoms with Crippen molar-refractivity contribution in [3.05, 3.63) is 0 Å².